The maximum absolute atomic E-state index is 3.54. The van der Waals surface area contributed by atoms with Gasteiger partial charge in [-0.3, -0.25) is 0 Å². The van der Waals surface area contributed by atoms with Gasteiger partial charge >= 0.3 is 0 Å². The van der Waals surface area contributed by atoms with E-state index in [2.05, 4.69) is 52.2 Å². The molecule has 2 N–H and O–H groups in total. The number of rotatable bonds is 10. The second kappa shape index (κ2) is 9.77. The molecule has 2 nitrogen and oxygen atoms in total. The summed E-state index contributed by atoms with van der Waals surface area (Å²) in [7, 11) is 0. The van der Waals surface area contributed by atoms with Crippen LogP contribution < -0.4 is 10.6 Å². The van der Waals surface area contributed by atoms with Gasteiger partial charge in [0.15, 0.2) is 0 Å². The Labute approximate surface area is 122 Å². The zero-order valence-corrected chi connectivity index (χ0v) is 14.4. The molecular weight excluding hydrogens is 232 g/mol. The highest BCUT2D eigenvalue weighted by molar-refractivity contribution is 4.64. The minimum Gasteiger partial charge on any atom is -0.317 e. The first-order valence-corrected chi connectivity index (χ1v) is 8.12. The van der Waals surface area contributed by atoms with Gasteiger partial charge in [0, 0.05) is 0 Å². The van der Waals surface area contributed by atoms with Crippen molar-refractivity contribution in [3.63, 3.8) is 0 Å². The Morgan fingerprint density at radius 1 is 0.526 bits per heavy atom. The highest BCUT2D eigenvalue weighted by Crippen LogP contribution is 2.17. The van der Waals surface area contributed by atoms with Gasteiger partial charge in [-0.1, -0.05) is 48.0 Å². The Balaban J connectivity index is 3.12. The number of hydrogen-bond acceptors (Lipinski definition) is 2. The third-order valence-electron chi connectivity index (χ3n) is 3.31. The van der Waals surface area contributed by atoms with Crippen LogP contribution in [0.3, 0.4) is 0 Å². The Morgan fingerprint density at radius 3 is 1.21 bits per heavy atom. The van der Waals surface area contributed by atoms with Gasteiger partial charge in [-0.25, -0.2) is 0 Å². The predicted octanol–water partition coefficient (Wildman–Crippen LogP) is 4.21. The van der Waals surface area contributed by atoms with Crippen LogP contribution in [0.1, 0.15) is 73.6 Å². The van der Waals surface area contributed by atoms with Crippen molar-refractivity contribution < 1.29 is 0 Å². The van der Waals surface area contributed by atoms with Gasteiger partial charge in [-0.2, -0.15) is 0 Å². The van der Waals surface area contributed by atoms with E-state index in [1.165, 1.54) is 45.2 Å². The monoisotopic (exact) mass is 270 g/mol. The summed E-state index contributed by atoms with van der Waals surface area (Å²) in [5, 5.41) is 7.09. The molecule has 0 saturated carbocycles. The first-order valence-electron chi connectivity index (χ1n) is 8.12. The fourth-order valence-corrected chi connectivity index (χ4v) is 1.85. The molecule has 19 heavy (non-hydrogen) atoms. The van der Waals surface area contributed by atoms with Crippen molar-refractivity contribution in [3.05, 3.63) is 0 Å². The topological polar surface area (TPSA) is 24.1 Å². The number of nitrogens with one attached hydrogen (secondary N) is 2. The van der Waals surface area contributed by atoms with Crippen molar-refractivity contribution in [1.29, 1.82) is 0 Å². The van der Waals surface area contributed by atoms with Crippen LogP contribution in [0.25, 0.3) is 0 Å². The molecule has 0 aliphatic rings. The zero-order valence-electron chi connectivity index (χ0n) is 14.4. The summed E-state index contributed by atoms with van der Waals surface area (Å²) in [6, 6.07) is 0. The first kappa shape index (κ1) is 18.9. The van der Waals surface area contributed by atoms with Gasteiger partial charge in [-0.05, 0) is 62.7 Å². The Kier molecular flexibility index (Phi) is 9.72. The molecule has 0 amide bonds. The minimum atomic E-state index is 0.462. The van der Waals surface area contributed by atoms with E-state index in [1.54, 1.807) is 0 Å². The number of hydrogen-bond donors (Lipinski definition) is 2. The zero-order chi connectivity index (χ0) is 14.8. The standard InChI is InChI=1S/C17H38N2/c1-16(2,3)10-14-18-12-8-7-9-13-19-15-11-17(4,5)6/h18-19H,7-15H2,1-6H3. The second-order valence-corrected chi connectivity index (χ2v) is 8.18. The van der Waals surface area contributed by atoms with Crippen LogP contribution >= 0.6 is 0 Å². The molecule has 0 fully saturated rings. The summed E-state index contributed by atoms with van der Waals surface area (Å²) >= 11 is 0. The fourth-order valence-electron chi connectivity index (χ4n) is 1.85. The molecule has 0 unspecified atom stereocenters. The molecule has 0 radical (unpaired) electrons. The van der Waals surface area contributed by atoms with Crippen LogP contribution in [0.15, 0.2) is 0 Å². The first-order chi connectivity index (χ1) is 8.71. The van der Waals surface area contributed by atoms with E-state index >= 15 is 0 Å². The molecule has 0 heterocycles. The highest BCUT2D eigenvalue weighted by Gasteiger charge is 2.09. The highest BCUT2D eigenvalue weighted by atomic mass is 14.9. The van der Waals surface area contributed by atoms with Crippen LogP contribution in [0, 0.1) is 10.8 Å². The van der Waals surface area contributed by atoms with Crippen molar-refractivity contribution >= 4 is 0 Å². The van der Waals surface area contributed by atoms with Crippen molar-refractivity contribution in [2.45, 2.75) is 73.6 Å². The summed E-state index contributed by atoms with van der Waals surface area (Å²) in [4.78, 5) is 0. The van der Waals surface area contributed by atoms with Gasteiger partial charge in [-0.15, -0.1) is 0 Å². The largest absolute Gasteiger partial charge is 0.317 e. The van der Waals surface area contributed by atoms with Crippen LogP contribution in [-0.4, -0.2) is 26.2 Å². The van der Waals surface area contributed by atoms with E-state index in [4.69, 9.17) is 0 Å². The van der Waals surface area contributed by atoms with Crippen molar-refractivity contribution in [3.8, 4) is 0 Å². The lowest BCUT2D eigenvalue weighted by Gasteiger charge is -2.18. The third kappa shape index (κ3) is 17.9. The molecule has 0 atom stereocenters. The molecule has 0 aliphatic heterocycles. The van der Waals surface area contributed by atoms with Crippen LogP contribution in [0.5, 0.6) is 0 Å². The van der Waals surface area contributed by atoms with E-state index in [-0.39, 0.29) is 0 Å². The van der Waals surface area contributed by atoms with E-state index in [1.807, 2.05) is 0 Å². The van der Waals surface area contributed by atoms with E-state index in [0.29, 0.717) is 10.8 Å². The summed E-state index contributed by atoms with van der Waals surface area (Å²) in [5.41, 5.74) is 0.925. The fraction of sp³-hybridized carbons (Fsp3) is 1.00. The van der Waals surface area contributed by atoms with Crippen LogP contribution in [0.2, 0.25) is 0 Å². The van der Waals surface area contributed by atoms with Crippen molar-refractivity contribution in [1.82, 2.24) is 10.6 Å². The summed E-state index contributed by atoms with van der Waals surface area (Å²) in [6.45, 7) is 18.5. The molecule has 0 aromatic heterocycles. The van der Waals surface area contributed by atoms with Crippen molar-refractivity contribution in [2.75, 3.05) is 26.2 Å². The minimum absolute atomic E-state index is 0.462. The van der Waals surface area contributed by atoms with E-state index in [9.17, 15) is 0 Å². The molecule has 116 valence electrons. The average molecular weight is 271 g/mol. The maximum atomic E-state index is 3.54. The smallest absolute Gasteiger partial charge is 0.00439 e. The molecule has 0 rings (SSSR count). The maximum Gasteiger partial charge on any atom is -0.00439 e. The van der Waals surface area contributed by atoms with Crippen LogP contribution in [-0.2, 0) is 0 Å². The third-order valence-corrected chi connectivity index (χ3v) is 3.31. The average Bonchev–Trinajstić information content (AvgIpc) is 2.22. The lowest BCUT2D eigenvalue weighted by atomic mass is 9.92. The summed E-state index contributed by atoms with van der Waals surface area (Å²) < 4.78 is 0. The summed E-state index contributed by atoms with van der Waals surface area (Å²) in [6.07, 6.45) is 6.49. The molecule has 0 aromatic rings. The SMILES string of the molecule is CC(C)(C)CCNCCCCCNCCC(C)(C)C. The molecule has 0 aromatic carbocycles. The van der Waals surface area contributed by atoms with Gasteiger partial charge in [0.2, 0.25) is 0 Å². The lowest BCUT2D eigenvalue weighted by Crippen LogP contribution is -2.23. The summed E-state index contributed by atoms with van der Waals surface area (Å²) in [5.74, 6) is 0. The molecule has 2 heteroatoms. The Bertz CT molecular complexity index is 176. The second-order valence-electron chi connectivity index (χ2n) is 8.18. The Hall–Kier alpha value is -0.0800. The predicted molar refractivity (Wildman–Crippen MR) is 87.7 cm³/mol. The van der Waals surface area contributed by atoms with E-state index in [0.717, 1.165) is 13.1 Å². The molecular formula is C17H38N2. The Morgan fingerprint density at radius 2 is 0.895 bits per heavy atom. The molecule has 0 aliphatic carbocycles. The lowest BCUT2D eigenvalue weighted by molar-refractivity contribution is 0.363. The van der Waals surface area contributed by atoms with Crippen LogP contribution in [0.4, 0.5) is 0 Å². The molecule has 0 spiro atoms. The van der Waals surface area contributed by atoms with Gasteiger partial charge in [0.1, 0.15) is 0 Å². The number of unbranched alkanes of at least 4 members (excludes halogenated alkanes) is 2. The van der Waals surface area contributed by atoms with E-state index < -0.39 is 0 Å². The molecule has 0 bridgehead atoms. The van der Waals surface area contributed by atoms with Crippen molar-refractivity contribution in [2.24, 2.45) is 10.8 Å². The normalized spacial score (nSPS) is 12.9. The van der Waals surface area contributed by atoms with Gasteiger partial charge in [0.05, 0.1) is 0 Å². The molecule has 0 saturated heterocycles. The van der Waals surface area contributed by atoms with Gasteiger partial charge in [0.25, 0.3) is 0 Å². The quantitative estimate of drug-likeness (QED) is 0.581. The van der Waals surface area contributed by atoms with Gasteiger partial charge < -0.3 is 10.6 Å².